The molecule has 0 saturated heterocycles. The van der Waals surface area contributed by atoms with Crippen molar-refractivity contribution in [2.75, 3.05) is 19.5 Å². The van der Waals surface area contributed by atoms with Crippen LogP contribution in [0.4, 0.5) is 0 Å². The molecule has 0 amide bonds. The highest BCUT2D eigenvalue weighted by atomic mass is 32.2. The maximum atomic E-state index is 5.72. The Morgan fingerprint density at radius 3 is 2.67 bits per heavy atom. The van der Waals surface area contributed by atoms with Crippen molar-refractivity contribution in [1.29, 1.82) is 0 Å². The lowest BCUT2D eigenvalue weighted by molar-refractivity contribution is 0.318. The number of hydrogen-bond acceptors (Lipinski definition) is 4. The van der Waals surface area contributed by atoms with Gasteiger partial charge in [-0.2, -0.15) is 0 Å². The van der Waals surface area contributed by atoms with Gasteiger partial charge in [0.25, 0.3) is 0 Å². The third kappa shape index (κ3) is 4.01. The number of methoxy groups -OCH3 is 1. The van der Waals surface area contributed by atoms with E-state index in [2.05, 4.69) is 19.1 Å². The molecule has 0 saturated carbocycles. The molecule has 3 nitrogen and oxygen atoms in total. The van der Waals surface area contributed by atoms with Crippen molar-refractivity contribution < 1.29 is 9.47 Å². The number of nitrogens with zero attached hydrogens (tertiary/aromatic N) is 1. The molecule has 4 heteroatoms. The zero-order valence-electron chi connectivity index (χ0n) is 14.0. The molecule has 124 valence electrons. The van der Waals surface area contributed by atoms with Gasteiger partial charge in [-0.15, -0.1) is 11.8 Å². The van der Waals surface area contributed by atoms with Crippen molar-refractivity contribution in [1.82, 2.24) is 4.98 Å². The summed E-state index contributed by atoms with van der Waals surface area (Å²) in [4.78, 5) is 4.76. The predicted molar refractivity (Wildman–Crippen MR) is 100 cm³/mol. The van der Waals surface area contributed by atoms with Crippen LogP contribution in [0.25, 0.3) is 10.9 Å². The van der Waals surface area contributed by atoms with Gasteiger partial charge in [0.05, 0.1) is 18.7 Å². The lowest BCUT2D eigenvalue weighted by Crippen LogP contribution is -1.99. The summed E-state index contributed by atoms with van der Waals surface area (Å²) in [7, 11) is 1.69. The van der Waals surface area contributed by atoms with Gasteiger partial charge in [0, 0.05) is 11.1 Å². The Hall–Kier alpha value is -2.20. The molecule has 0 radical (unpaired) electrons. The van der Waals surface area contributed by atoms with Gasteiger partial charge in [-0.05, 0) is 43.2 Å². The van der Waals surface area contributed by atoms with E-state index in [1.165, 1.54) is 5.56 Å². The van der Waals surface area contributed by atoms with E-state index in [9.17, 15) is 0 Å². The Kier molecular flexibility index (Phi) is 5.59. The molecule has 0 spiro atoms. The van der Waals surface area contributed by atoms with Gasteiger partial charge in [0.2, 0.25) is 0 Å². The lowest BCUT2D eigenvalue weighted by atomic mass is 10.1. The first-order valence-corrected chi connectivity index (χ1v) is 9.01. The summed E-state index contributed by atoms with van der Waals surface area (Å²) in [5.41, 5.74) is 2.16. The Morgan fingerprint density at radius 2 is 1.88 bits per heavy atom. The van der Waals surface area contributed by atoms with Crippen LogP contribution in [0.3, 0.4) is 0 Å². The van der Waals surface area contributed by atoms with Crippen molar-refractivity contribution in [3.8, 4) is 11.5 Å². The molecule has 0 bridgehead atoms. The quantitative estimate of drug-likeness (QED) is 0.442. The van der Waals surface area contributed by atoms with Crippen molar-refractivity contribution in [3.05, 3.63) is 60.2 Å². The van der Waals surface area contributed by atoms with Crippen LogP contribution in [0.2, 0.25) is 0 Å². The summed E-state index contributed by atoms with van der Waals surface area (Å²) in [6, 6.07) is 18.1. The molecule has 3 aromatic rings. The highest BCUT2D eigenvalue weighted by molar-refractivity contribution is 7.99. The second-order valence-corrected chi connectivity index (χ2v) is 6.61. The minimum absolute atomic E-state index is 0.715. The Morgan fingerprint density at radius 1 is 1.04 bits per heavy atom. The lowest BCUT2D eigenvalue weighted by Gasteiger charge is -2.10. The van der Waals surface area contributed by atoms with Crippen LogP contribution < -0.4 is 9.47 Å². The highest BCUT2D eigenvalue weighted by Gasteiger charge is 2.07. The van der Waals surface area contributed by atoms with E-state index in [1.54, 1.807) is 18.9 Å². The van der Waals surface area contributed by atoms with Gasteiger partial charge in [-0.25, -0.2) is 4.98 Å². The maximum Gasteiger partial charge on any atom is 0.145 e. The number of para-hydroxylation sites is 2. The molecular formula is C20H21NO2S. The fourth-order valence-electron chi connectivity index (χ4n) is 2.54. The molecule has 24 heavy (non-hydrogen) atoms. The van der Waals surface area contributed by atoms with Crippen LogP contribution in [0, 0.1) is 6.92 Å². The first kappa shape index (κ1) is 16.7. The third-order valence-electron chi connectivity index (χ3n) is 3.76. The first-order chi connectivity index (χ1) is 11.8. The van der Waals surface area contributed by atoms with Gasteiger partial charge < -0.3 is 9.47 Å². The Labute approximate surface area is 147 Å². The van der Waals surface area contributed by atoms with Crippen LogP contribution in [-0.2, 0) is 0 Å². The Bertz CT molecular complexity index is 805. The van der Waals surface area contributed by atoms with Crippen LogP contribution in [0.15, 0.2) is 59.6 Å². The zero-order chi connectivity index (χ0) is 16.8. The van der Waals surface area contributed by atoms with Gasteiger partial charge >= 0.3 is 0 Å². The fourth-order valence-corrected chi connectivity index (χ4v) is 3.43. The molecule has 1 heterocycles. The molecule has 1 aromatic heterocycles. The average molecular weight is 339 g/mol. The summed E-state index contributed by atoms with van der Waals surface area (Å²) < 4.78 is 11.2. The van der Waals surface area contributed by atoms with E-state index >= 15 is 0 Å². The van der Waals surface area contributed by atoms with Crippen LogP contribution in [0.5, 0.6) is 11.5 Å². The highest BCUT2D eigenvalue weighted by Crippen LogP contribution is 2.29. The number of pyridine rings is 1. The molecule has 0 unspecified atom stereocenters. The number of aromatic nitrogens is 1. The minimum atomic E-state index is 0.715. The number of hydrogen-bond donors (Lipinski definition) is 0. The molecule has 2 aromatic carbocycles. The summed E-state index contributed by atoms with van der Waals surface area (Å²) in [6.07, 6.45) is 0.976. The summed E-state index contributed by atoms with van der Waals surface area (Å²) >= 11 is 1.76. The minimum Gasteiger partial charge on any atom is -0.494 e. The van der Waals surface area contributed by atoms with E-state index in [1.807, 2.05) is 42.5 Å². The molecule has 0 aliphatic heterocycles. The van der Waals surface area contributed by atoms with Crippen molar-refractivity contribution in [2.45, 2.75) is 18.4 Å². The molecule has 0 atom stereocenters. The SMILES string of the molecule is COc1cccc2c(C)cc(SCCCOc3ccccc3)nc12. The summed E-state index contributed by atoms with van der Waals surface area (Å²) in [6.45, 7) is 2.83. The molecule has 0 aliphatic rings. The van der Waals surface area contributed by atoms with Crippen molar-refractivity contribution >= 4 is 22.7 Å². The van der Waals surface area contributed by atoms with E-state index in [-0.39, 0.29) is 0 Å². The van der Waals surface area contributed by atoms with Crippen LogP contribution in [-0.4, -0.2) is 24.5 Å². The number of rotatable bonds is 7. The Balaban J connectivity index is 1.59. The van der Waals surface area contributed by atoms with E-state index in [0.29, 0.717) is 6.61 Å². The van der Waals surface area contributed by atoms with Crippen molar-refractivity contribution in [2.24, 2.45) is 0 Å². The van der Waals surface area contributed by atoms with Crippen LogP contribution >= 0.6 is 11.8 Å². The number of benzene rings is 2. The molecule has 0 fully saturated rings. The second-order valence-electron chi connectivity index (χ2n) is 5.50. The predicted octanol–water partition coefficient (Wildman–Crippen LogP) is 5.11. The van der Waals surface area contributed by atoms with E-state index < -0.39 is 0 Å². The van der Waals surface area contributed by atoms with Gasteiger partial charge in [0.1, 0.15) is 17.0 Å². The van der Waals surface area contributed by atoms with E-state index in [4.69, 9.17) is 14.5 Å². The summed E-state index contributed by atoms with van der Waals surface area (Å²) in [5, 5.41) is 2.18. The van der Waals surface area contributed by atoms with Gasteiger partial charge in [-0.3, -0.25) is 0 Å². The van der Waals surface area contributed by atoms with Crippen LogP contribution in [0.1, 0.15) is 12.0 Å². The number of ether oxygens (including phenoxy) is 2. The third-order valence-corrected chi connectivity index (χ3v) is 4.75. The van der Waals surface area contributed by atoms with E-state index in [0.717, 1.165) is 39.6 Å². The first-order valence-electron chi connectivity index (χ1n) is 8.03. The number of fused-ring (bicyclic) bond motifs is 1. The molecule has 0 aliphatic carbocycles. The zero-order valence-corrected chi connectivity index (χ0v) is 14.8. The number of aryl methyl sites for hydroxylation is 1. The van der Waals surface area contributed by atoms with Gasteiger partial charge in [0.15, 0.2) is 0 Å². The van der Waals surface area contributed by atoms with Crippen molar-refractivity contribution in [3.63, 3.8) is 0 Å². The number of thioether (sulfide) groups is 1. The second kappa shape index (κ2) is 8.06. The van der Waals surface area contributed by atoms with Gasteiger partial charge in [-0.1, -0.05) is 30.3 Å². The topological polar surface area (TPSA) is 31.4 Å². The summed E-state index contributed by atoms with van der Waals surface area (Å²) in [5.74, 6) is 2.72. The largest absolute Gasteiger partial charge is 0.494 e. The fraction of sp³-hybridized carbons (Fsp3) is 0.250. The molecule has 0 N–H and O–H groups in total. The average Bonchev–Trinajstić information content (AvgIpc) is 2.62. The smallest absolute Gasteiger partial charge is 0.145 e. The maximum absolute atomic E-state index is 5.72. The molecule has 3 rings (SSSR count). The molecular weight excluding hydrogens is 318 g/mol. The monoisotopic (exact) mass is 339 g/mol. The normalized spacial score (nSPS) is 10.8. The standard InChI is InChI=1S/C20H21NO2S/c1-15-14-19(21-20-17(15)10-6-11-18(20)22-2)24-13-7-12-23-16-8-4-3-5-9-16/h3-6,8-11,14H,7,12-13H2,1-2H3.